The van der Waals surface area contributed by atoms with Crippen molar-refractivity contribution in [2.75, 3.05) is 26.3 Å². The molecule has 4 heteroatoms. The van der Waals surface area contributed by atoms with E-state index >= 15 is 0 Å². The monoisotopic (exact) mass is 254 g/mol. The maximum absolute atomic E-state index is 12.6. The molecule has 0 bridgehead atoms. The van der Waals surface area contributed by atoms with Crippen molar-refractivity contribution >= 4 is 5.91 Å². The van der Waals surface area contributed by atoms with Crippen molar-refractivity contribution in [3.63, 3.8) is 0 Å². The van der Waals surface area contributed by atoms with Crippen LogP contribution in [0.25, 0.3) is 0 Å². The van der Waals surface area contributed by atoms with Crippen LogP contribution >= 0.6 is 0 Å². The number of rotatable bonds is 3. The highest BCUT2D eigenvalue weighted by molar-refractivity contribution is 5.79. The molecule has 1 saturated heterocycles. The first-order valence-electron chi connectivity index (χ1n) is 7.30. The number of carbonyl (C=O) groups is 1. The highest BCUT2D eigenvalue weighted by Crippen LogP contribution is 2.32. The topological polar surface area (TPSA) is 55.6 Å². The van der Waals surface area contributed by atoms with Gasteiger partial charge in [0, 0.05) is 12.5 Å². The summed E-state index contributed by atoms with van der Waals surface area (Å²) < 4.78 is 5.40. The predicted octanol–water partition coefficient (Wildman–Crippen LogP) is 1.39. The Kier molecular flexibility index (Phi) is 5.01. The number of morpholine rings is 1. The van der Waals surface area contributed by atoms with Gasteiger partial charge in [-0.15, -0.1) is 0 Å². The van der Waals surface area contributed by atoms with Gasteiger partial charge in [0.2, 0.25) is 5.91 Å². The molecule has 2 fully saturated rings. The number of nitrogens with zero attached hydrogens (tertiary/aromatic N) is 1. The Balaban J connectivity index is 1.91. The normalized spacial score (nSPS) is 33.4. The van der Waals surface area contributed by atoms with Crippen LogP contribution in [0.5, 0.6) is 0 Å². The zero-order valence-electron chi connectivity index (χ0n) is 11.4. The van der Waals surface area contributed by atoms with Gasteiger partial charge in [-0.2, -0.15) is 0 Å². The highest BCUT2D eigenvalue weighted by atomic mass is 16.5. The maximum atomic E-state index is 12.6. The van der Waals surface area contributed by atoms with Crippen molar-refractivity contribution in [1.29, 1.82) is 0 Å². The van der Waals surface area contributed by atoms with Crippen molar-refractivity contribution in [3.8, 4) is 0 Å². The van der Waals surface area contributed by atoms with E-state index in [1.54, 1.807) is 0 Å². The molecule has 1 aliphatic heterocycles. The van der Waals surface area contributed by atoms with Crippen molar-refractivity contribution in [3.05, 3.63) is 0 Å². The first kappa shape index (κ1) is 13.8. The number of nitrogens with two attached hydrogens (primary N) is 1. The molecule has 2 N–H and O–H groups in total. The first-order valence-corrected chi connectivity index (χ1v) is 7.30. The fraction of sp³-hybridized carbons (Fsp3) is 0.929. The predicted molar refractivity (Wildman–Crippen MR) is 71.1 cm³/mol. The van der Waals surface area contributed by atoms with Gasteiger partial charge in [-0.1, -0.05) is 12.8 Å². The molecule has 3 atom stereocenters. The van der Waals surface area contributed by atoms with Crippen LogP contribution in [0.1, 0.15) is 39.0 Å². The van der Waals surface area contributed by atoms with E-state index in [0.29, 0.717) is 25.0 Å². The second-order valence-electron chi connectivity index (χ2n) is 5.76. The Bertz CT molecular complexity index is 281. The van der Waals surface area contributed by atoms with E-state index in [2.05, 4.69) is 6.92 Å². The van der Waals surface area contributed by atoms with Crippen LogP contribution in [0.15, 0.2) is 0 Å². The van der Waals surface area contributed by atoms with Crippen molar-refractivity contribution in [2.24, 2.45) is 17.6 Å². The molecule has 1 aliphatic carbocycles. The van der Waals surface area contributed by atoms with E-state index in [-0.39, 0.29) is 12.0 Å². The van der Waals surface area contributed by atoms with E-state index in [1.165, 1.54) is 12.8 Å². The summed E-state index contributed by atoms with van der Waals surface area (Å²) in [6.07, 6.45) is 5.60. The van der Waals surface area contributed by atoms with E-state index < -0.39 is 0 Å². The Morgan fingerprint density at radius 1 is 1.44 bits per heavy atom. The summed E-state index contributed by atoms with van der Waals surface area (Å²) in [6, 6.07) is 0.237. The lowest BCUT2D eigenvalue weighted by atomic mass is 9.79. The quantitative estimate of drug-likeness (QED) is 0.828. The summed E-state index contributed by atoms with van der Waals surface area (Å²) in [5.74, 6) is 1.25. The Morgan fingerprint density at radius 2 is 2.28 bits per heavy atom. The summed E-state index contributed by atoms with van der Waals surface area (Å²) in [6.45, 7) is 4.97. The van der Waals surface area contributed by atoms with E-state index in [0.717, 1.165) is 32.4 Å². The molecule has 0 spiro atoms. The number of carbonyl (C=O) groups excluding carboxylic acids is 1. The molecule has 1 heterocycles. The number of hydrogen-bond donors (Lipinski definition) is 1. The van der Waals surface area contributed by atoms with Crippen LogP contribution in [0.2, 0.25) is 0 Å². The average molecular weight is 254 g/mol. The largest absolute Gasteiger partial charge is 0.377 e. The Morgan fingerprint density at radius 3 is 3.00 bits per heavy atom. The average Bonchev–Trinajstić information content (AvgIpc) is 2.39. The van der Waals surface area contributed by atoms with Crippen LogP contribution in [-0.2, 0) is 9.53 Å². The van der Waals surface area contributed by atoms with Gasteiger partial charge >= 0.3 is 0 Å². The standard InChI is InChI=1S/C14H26N2O2/c1-11-10-18-8-7-16(11)14(17)13-4-2-3-12(9-13)5-6-15/h11-13H,2-10,15H2,1H3. The molecule has 0 radical (unpaired) electrons. The van der Waals surface area contributed by atoms with Gasteiger partial charge in [0.1, 0.15) is 0 Å². The van der Waals surface area contributed by atoms with Crippen LogP contribution in [0, 0.1) is 11.8 Å². The smallest absolute Gasteiger partial charge is 0.226 e. The molecule has 1 amide bonds. The Hall–Kier alpha value is -0.610. The fourth-order valence-corrected chi connectivity index (χ4v) is 3.30. The number of amides is 1. The van der Waals surface area contributed by atoms with Gasteiger partial charge in [0.15, 0.2) is 0 Å². The molecule has 2 aliphatic rings. The van der Waals surface area contributed by atoms with Crippen LogP contribution in [0.3, 0.4) is 0 Å². The van der Waals surface area contributed by atoms with Crippen molar-refractivity contribution in [1.82, 2.24) is 4.90 Å². The third kappa shape index (κ3) is 3.23. The van der Waals surface area contributed by atoms with Crippen LogP contribution in [-0.4, -0.2) is 43.2 Å². The molecule has 2 rings (SSSR count). The van der Waals surface area contributed by atoms with E-state index in [9.17, 15) is 4.79 Å². The third-order valence-corrected chi connectivity index (χ3v) is 4.36. The SMILES string of the molecule is CC1COCCN1C(=O)C1CCCC(CCN)C1. The molecule has 3 unspecified atom stereocenters. The molecule has 104 valence electrons. The van der Waals surface area contributed by atoms with Gasteiger partial charge in [0.05, 0.1) is 19.3 Å². The lowest BCUT2D eigenvalue weighted by molar-refractivity contribution is -0.145. The van der Waals surface area contributed by atoms with Crippen LogP contribution in [0.4, 0.5) is 0 Å². The fourth-order valence-electron chi connectivity index (χ4n) is 3.30. The molecule has 1 saturated carbocycles. The maximum Gasteiger partial charge on any atom is 0.226 e. The van der Waals surface area contributed by atoms with Gasteiger partial charge < -0.3 is 15.4 Å². The molecule has 18 heavy (non-hydrogen) atoms. The van der Waals surface area contributed by atoms with Crippen molar-refractivity contribution < 1.29 is 9.53 Å². The van der Waals surface area contributed by atoms with Gasteiger partial charge in [0.25, 0.3) is 0 Å². The molecule has 4 nitrogen and oxygen atoms in total. The van der Waals surface area contributed by atoms with Gasteiger partial charge in [-0.05, 0) is 38.6 Å². The highest BCUT2D eigenvalue weighted by Gasteiger charge is 2.32. The molecule has 0 aromatic heterocycles. The van der Waals surface area contributed by atoms with Gasteiger partial charge in [-0.3, -0.25) is 4.79 Å². The third-order valence-electron chi connectivity index (χ3n) is 4.36. The molecular weight excluding hydrogens is 228 g/mol. The second-order valence-corrected chi connectivity index (χ2v) is 5.76. The number of ether oxygens (including phenoxy) is 1. The minimum absolute atomic E-state index is 0.232. The number of hydrogen-bond acceptors (Lipinski definition) is 3. The summed E-state index contributed by atoms with van der Waals surface area (Å²) in [4.78, 5) is 14.6. The lowest BCUT2D eigenvalue weighted by Crippen LogP contribution is -2.50. The molecule has 0 aromatic rings. The summed E-state index contributed by atoms with van der Waals surface area (Å²) >= 11 is 0. The minimum atomic E-state index is 0.232. The second kappa shape index (κ2) is 6.53. The zero-order chi connectivity index (χ0) is 13.0. The first-order chi connectivity index (χ1) is 8.72. The van der Waals surface area contributed by atoms with E-state index in [1.807, 2.05) is 4.90 Å². The summed E-state index contributed by atoms with van der Waals surface area (Å²) in [7, 11) is 0. The van der Waals surface area contributed by atoms with Crippen molar-refractivity contribution in [2.45, 2.75) is 45.1 Å². The zero-order valence-corrected chi connectivity index (χ0v) is 11.4. The van der Waals surface area contributed by atoms with E-state index in [4.69, 9.17) is 10.5 Å². The summed E-state index contributed by atoms with van der Waals surface area (Å²) in [5.41, 5.74) is 5.63. The molecular formula is C14H26N2O2. The minimum Gasteiger partial charge on any atom is -0.377 e. The van der Waals surface area contributed by atoms with Gasteiger partial charge in [-0.25, -0.2) is 0 Å². The van der Waals surface area contributed by atoms with Crippen LogP contribution < -0.4 is 5.73 Å². The summed E-state index contributed by atoms with van der Waals surface area (Å²) in [5, 5.41) is 0. The molecule has 0 aromatic carbocycles. The lowest BCUT2D eigenvalue weighted by Gasteiger charge is -2.38. The Labute approximate surface area is 110 Å².